The Morgan fingerprint density at radius 3 is 1.37 bits per heavy atom. The van der Waals surface area contributed by atoms with Crippen molar-refractivity contribution >= 4 is 25.8 Å². The van der Waals surface area contributed by atoms with Crippen LogP contribution in [0.25, 0.3) is 0 Å². The highest BCUT2D eigenvalue weighted by Crippen LogP contribution is 2.46. The van der Waals surface area contributed by atoms with Gasteiger partial charge in [-0.05, 0) is 79.5 Å². The van der Waals surface area contributed by atoms with Gasteiger partial charge in [0.25, 0.3) is 0 Å². The molecular formula is C20H31B2ClO4. The van der Waals surface area contributed by atoms with Crippen molar-refractivity contribution in [3.8, 4) is 0 Å². The minimum atomic E-state index is -0.416. The number of benzene rings is 1. The summed E-state index contributed by atoms with van der Waals surface area (Å²) in [6.07, 6.45) is 0.713. The van der Waals surface area contributed by atoms with Crippen molar-refractivity contribution in [3.05, 3.63) is 34.9 Å². The number of halogens is 1. The maximum atomic E-state index is 6.36. The van der Waals surface area contributed by atoms with Crippen LogP contribution in [-0.2, 0) is 25.0 Å². The van der Waals surface area contributed by atoms with Crippen molar-refractivity contribution in [1.29, 1.82) is 0 Å². The van der Waals surface area contributed by atoms with Crippen LogP contribution in [-0.4, -0.2) is 36.6 Å². The van der Waals surface area contributed by atoms with Crippen LogP contribution in [0.3, 0.4) is 0 Å². The molecule has 27 heavy (non-hydrogen) atoms. The molecule has 7 heteroatoms. The molecule has 0 bridgehead atoms. The minimum absolute atomic E-state index is 0.103. The molecule has 1 aromatic rings. The van der Waals surface area contributed by atoms with Gasteiger partial charge in [0, 0.05) is 10.7 Å². The molecule has 4 nitrogen and oxygen atoms in total. The molecule has 0 aromatic heterocycles. The van der Waals surface area contributed by atoms with Crippen LogP contribution in [0.4, 0.5) is 0 Å². The average Bonchev–Trinajstić information content (AvgIpc) is 2.86. The Hall–Kier alpha value is -0.520. The van der Waals surface area contributed by atoms with Crippen LogP contribution in [0.15, 0.2) is 24.3 Å². The van der Waals surface area contributed by atoms with Crippen molar-refractivity contribution in [2.45, 2.75) is 89.9 Å². The van der Waals surface area contributed by atoms with E-state index < -0.39 is 36.6 Å². The topological polar surface area (TPSA) is 36.9 Å². The Kier molecular flexibility index (Phi) is 5.32. The number of hydrogen-bond donors (Lipinski definition) is 0. The van der Waals surface area contributed by atoms with E-state index in [0.29, 0.717) is 6.42 Å². The van der Waals surface area contributed by atoms with E-state index in [1.807, 2.05) is 24.3 Å². The lowest BCUT2D eigenvalue weighted by Gasteiger charge is -2.32. The summed E-state index contributed by atoms with van der Waals surface area (Å²) < 4.78 is 25.5. The van der Waals surface area contributed by atoms with Crippen molar-refractivity contribution in [2.24, 2.45) is 0 Å². The molecule has 0 saturated carbocycles. The molecule has 0 aliphatic carbocycles. The second-order valence-corrected chi connectivity index (χ2v) is 10.2. The first-order valence-corrected chi connectivity index (χ1v) is 10.1. The van der Waals surface area contributed by atoms with Crippen LogP contribution in [0.2, 0.25) is 10.7 Å². The van der Waals surface area contributed by atoms with Gasteiger partial charge >= 0.3 is 14.2 Å². The zero-order valence-corrected chi connectivity index (χ0v) is 18.5. The molecule has 0 amide bonds. The zero-order valence-electron chi connectivity index (χ0n) is 17.8. The maximum Gasteiger partial charge on any atom is 0.459 e. The number of rotatable bonds is 4. The third-order valence-electron chi connectivity index (χ3n) is 6.63. The molecule has 0 atom stereocenters. The average molecular weight is 393 g/mol. The van der Waals surface area contributed by atoms with E-state index in [0.717, 1.165) is 10.6 Å². The molecule has 3 rings (SSSR count). The normalized spacial score (nSPS) is 25.4. The summed E-state index contributed by atoms with van der Waals surface area (Å²) in [6.45, 7) is 16.5. The fraction of sp³-hybridized carbons (Fsp3) is 0.700. The van der Waals surface area contributed by atoms with Crippen LogP contribution in [0.1, 0.15) is 61.0 Å². The fourth-order valence-electron chi connectivity index (χ4n) is 3.34. The van der Waals surface area contributed by atoms with Gasteiger partial charge in [-0.15, -0.1) is 0 Å². The highest BCUT2D eigenvalue weighted by atomic mass is 35.5. The van der Waals surface area contributed by atoms with E-state index in [1.165, 1.54) is 0 Å². The van der Waals surface area contributed by atoms with Crippen molar-refractivity contribution in [3.63, 3.8) is 0 Å². The predicted molar refractivity (Wildman–Crippen MR) is 111 cm³/mol. The Morgan fingerprint density at radius 1 is 0.704 bits per heavy atom. The first-order valence-electron chi connectivity index (χ1n) is 9.70. The first kappa shape index (κ1) is 21.2. The van der Waals surface area contributed by atoms with Gasteiger partial charge in [0.15, 0.2) is 0 Å². The fourth-order valence-corrected chi connectivity index (χ4v) is 3.47. The summed E-state index contributed by atoms with van der Waals surface area (Å²) >= 11 is 6.05. The van der Waals surface area contributed by atoms with Crippen LogP contribution >= 0.6 is 11.6 Å². The third kappa shape index (κ3) is 3.97. The van der Waals surface area contributed by atoms with Gasteiger partial charge in [-0.25, -0.2) is 0 Å². The van der Waals surface area contributed by atoms with Gasteiger partial charge in [-0.2, -0.15) is 0 Å². The summed E-state index contributed by atoms with van der Waals surface area (Å²) in [6, 6.07) is 7.88. The molecule has 148 valence electrons. The Labute approximate surface area is 169 Å². The van der Waals surface area contributed by atoms with E-state index in [-0.39, 0.29) is 5.72 Å². The molecule has 2 aliphatic heterocycles. The molecule has 0 spiro atoms. The van der Waals surface area contributed by atoms with Crippen molar-refractivity contribution in [1.82, 2.24) is 0 Å². The van der Waals surface area contributed by atoms with Crippen LogP contribution < -0.4 is 0 Å². The summed E-state index contributed by atoms with van der Waals surface area (Å²) in [5.74, 6) is 0. The molecule has 0 radical (unpaired) electrons. The van der Waals surface area contributed by atoms with E-state index in [1.54, 1.807) is 0 Å². The largest absolute Gasteiger partial charge is 0.459 e. The molecule has 2 saturated heterocycles. The summed E-state index contributed by atoms with van der Waals surface area (Å²) in [7, 11) is -0.833. The highest BCUT2D eigenvalue weighted by molar-refractivity contribution is 6.68. The van der Waals surface area contributed by atoms with Crippen molar-refractivity contribution in [2.75, 3.05) is 0 Å². The first-order chi connectivity index (χ1) is 12.2. The second-order valence-electron chi connectivity index (χ2n) is 9.74. The third-order valence-corrected chi connectivity index (χ3v) is 6.88. The van der Waals surface area contributed by atoms with Crippen LogP contribution in [0, 0.1) is 0 Å². The molecule has 1 aromatic carbocycles. The molecule has 2 heterocycles. The highest BCUT2D eigenvalue weighted by Gasteiger charge is 2.61. The standard InChI is InChI=1S/C20H31B2ClO4/c1-17(2)18(3,4)25-21(24-17)16(13-14-9-11-15(23)12-10-14)22-26-19(5,6)20(7,8)27-22/h9-12,16H,13H2,1-8H3. The van der Waals surface area contributed by atoms with E-state index in [9.17, 15) is 0 Å². The monoisotopic (exact) mass is 392 g/mol. The molecule has 2 fully saturated rings. The molecular weight excluding hydrogens is 361 g/mol. The van der Waals surface area contributed by atoms with Gasteiger partial charge in [0.2, 0.25) is 0 Å². The van der Waals surface area contributed by atoms with E-state index >= 15 is 0 Å². The summed E-state index contributed by atoms with van der Waals surface area (Å²) in [4.78, 5) is 0. The SMILES string of the molecule is CC1(C)OB(C(Cc2ccc(Cl)cc2)B2OC(C)(C)C(C)(C)O2)OC1(C)C. The maximum absolute atomic E-state index is 6.36. The van der Waals surface area contributed by atoms with E-state index in [2.05, 4.69) is 55.4 Å². The Balaban J connectivity index is 1.89. The van der Waals surface area contributed by atoms with Gasteiger partial charge in [-0.3, -0.25) is 0 Å². The van der Waals surface area contributed by atoms with Gasteiger partial charge in [-0.1, -0.05) is 23.7 Å². The van der Waals surface area contributed by atoms with Gasteiger partial charge in [0.1, 0.15) is 0 Å². The Morgan fingerprint density at radius 2 is 1.04 bits per heavy atom. The lowest BCUT2D eigenvalue weighted by molar-refractivity contribution is 0.00578. The summed E-state index contributed by atoms with van der Waals surface area (Å²) in [5.41, 5.74) is -0.569. The van der Waals surface area contributed by atoms with Gasteiger partial charge < -0.3 is 18.6 Å². The number of hydrogen-bond acceptors (Lipinski definition) is 4. The smallest absolute Gasteiger partial charge is 0.403 e. The van der Waals surface area contributed by atoms with Crippen molar-refractivity contribution < 1.29 is 18.6 Å². The summed E-state index contributed by atoms with van der Waals surface area (Å²) in [5, 5.41) is 0.724. The molecule has 0 N–H and O–H groups in total. The second kappa shape index (κ2) is 6.77. The zero-order chi connectivity index (χ0) is 20.3. The lowest BCUT2D eigenvalue weighted by atomic mass is 9.49. The Bertz CT molecular complexity index is 620. The minimum Gasteiger partial charge on any atom is -0.403 e. The quantitative estimate of drug-likeness (QED) is 0.678. The predicted octanol–water partition coefficient (Wildman–Crippen LogP) is 4.98. The van der Waals surface area contributed by atoms with Gasteiger partial charge in [0.05, 0.1) is 22.4 Å². The van der Waals surface area contributed by atoms with Crippen LogP contribution in [0.5, 0.6) is 0 Å². The van der Waals surface area contributed by atoms with E-state index in [4.69, 9.17) is 30.2 Å². The molecule has 0 unspecified atom stereocenters. The molecule has 2 aliphatic rings. The lowest BCUT2D eigenvalue weighted by Crippen LogP contribution is -2.41.